The second-order valence-electron chi connectivity index (χ2n) is 4.46. The first-order chi connectivity index (χ1) is 10.8. The third kappa shape index (κ3) is 4.39. The van der Waals surface area contributed by atoms with Gasteiger partial charge >= 0.3 is 0 Å². The van der Waals surface area contributed by atoms with Crippen LogP contribution in [0.5, 0.6) is 5.75 Å². The van der Waals surface area contributed by atoms with Crippen LogP contribution in [-0.2, 0) is 14.8 Å². The molecule has 0 atom stereocenters. The maximum absolute atomic E-state index is 13.5. The Hall–Kier alpha value is -2.68. The number of sulfonamides is 1. The third-order valence-electron chi connectivity index (χ3n) is 2.69. The molecule has 0 aliphatic rings. The number of nitrogens with two attached hydrogens (primary N) is 1. The lowest BCUT2D eigenvalue weighted by Gasteiger charge is -2.10. The summed E-state index contributed by atoms with van der Waals surface area (Å²) in [5.41, 5.74) is 4.54. The number of halogens is 2. The van der Waals surface area contributed by atoms with Crippen molar-refractivity contribution in [2.75, 3.05) is 11.3 Å². The zero-order valence-electron chi connectivity index (χ0n) is 11.6. The Labute approximate surface area is 130 Å². The highest BCUT2D eigenvalue weighted by Crippen LogP contribution is 2.21. The predicted molar refractivity (Wildman–Crippen MR) is 78.3 cm³/mol. The molecule has 0 heterocycles. The number of hydrogen-bond donors (Lipinski definition) is 2. The lowest BCUT2D eigenvalue weighted by molar-refractivity contribution is -0.119. The monoisotopic (exact) mass is 342 g/mol. The molecule has 122 valence electrons. The number of benzene rings is 2. The van der Waals surface area contributed by atoms with Crippen LogP contribution in [0.1, 0.15) is 0 Å². The van der Waals surface area contributed by atoms with Gasteiger partial charge in [-0.15, -0.1) is 0 Å². The number of carbonyl (C=O) groups excluding carboxylic acids is 1. The van der Waals surface area contributed by atoms with E-state index in [0.29, 0.717) is 6.07 Å². The Morgan fingerprint density at radius 2 is 1.78 bits per heavy atom. The molecule has 3 N–H and O–H groups in total. The third-order valence-corrected chi connectivity index (χ3v) is 4.07. The van der Waals surface area contributed by atoms with Gasteiger partial charge in [-0.2, -0.15) is 0 Å². The molecule has 9 heteroatoms. The van der Waals surface area contributed by atoms with E-state index < -0.39 is 27.6 Å². The topological polar surface area (TPSA) is 98.5 Å². The Balaban J connectivity index is 2.17. The minimum absolute atomic E-state index is 0.160. The van der Waals surface area contributed by atoms with E-state index in [1.807, 2.05) is 4.72 Å². The first-order valence-electron chi connectivity index (χ1n) is 6.27. The van der Waals surface area contributed by atoms with Gasteiger partial charge in [-0.05, 0) is 36.4 Å². The summed E-state index contributed by atoms with van der Waals surface area (Å²) in [5.74, 6) is -2.28. The highest BCUT2D eigenvalue weighted by atomic mass is 32.2. The maximum Gasteiger partial charge on any atom is 0.261 e. The van der Waals surface area contributed by atoms with Gasteiger partial charge in [-0.25, -0.2) is 17.2 Å². The van der Waals surface area contributed by atoms with Gasteiger partial charge in [0.25, 0.3) is 15.9 Å². The molecule has 0 saturated carbocycles. The lowest BCUT2D eigenvalue weighted by Crippen LogP contribution is -2.20. The number of nitrogens with one attached hydrogen (secondary N) is 1. The average Bonchev–Trinajstić information content (AvgIpc) is 2.48. The van der Waals surface area contributed by atoms with Crippen molar-refractivity contribution in [1.29, 1.82) is 0 Å². The molecule has 0 bridgehead atoms. The fraction of sp³-hybridized carbons (Fsp3) is 0.0714. The van der Waals surface area contributed by atoms with Crippen LogP contribution in [0.15, 0.2) is 47.4 Å². The minimum Gasteiger partial charge on any atom is -0.484 e. The van der Waals surface area contributed by atoms with E-state index in [2.05, 4.69) is 0 Å². The number of hydrogen-bond acceptors (Lipinski definition) is 4. The maximum atomic E-state index is 13.5. The summed E-state index contributed by atoms with van der Waals surface area (Å²) in [4.78, 5) is 10.4. The van der Waals surface area contributed by atoms with E-state index >= 15 is 0 Å². The standard InChI is InChI=1S/C14H12F2N2O4S/c15-9-1-6-13(12(16)7-9)18-23(20,21)11-4-2-10(3-5-11)22-8-14(17)19/h1-7,18H,8H2,(H2,17,19). The summed E-state index contributed by atoms with van der Waals surface area (Å²) >= 11 is 0. The molecule has 0 unspecified atom stereocenters. The summed E-state index contributed by atoms with van der Waals surface area (Å²) in [6, 6.07) is 7.53. The Morgan fingerprint density at radius 1 is 1.13 bits per heavy atom. The zero-order valence-corrected chi connectivity index (χ0v) is 12.4. The van der Waals surface area contributed by atoms with E-state index in [-0.39, 0.29) is 22.9 Å². The molecule has 0 radical (unpaired) electrons. The molecule has 0 fully saturated rings. The number of amides is 1. The molecule has 6 nitrogen and oxygen atoms in total. The molecule has 0 aliphatic carbocycles. The number of anilines is 1. The number of carbonyl (C=O) groups is 1. The van der Waals surface area contributed by atoms with Crippen LogP contribution in [0.4, 0.5) is 14.5 Å². The van der Waals surface area contributed by atoms with E-state index in [1.54, 1.807) is 0 Å². The summed E-state index contributed by atoms with van der Waals surface area (Å²) < 4.78 is 57.6. The van der Waals surface area contributed by atoms with Crippen molar-refractivity contribution >= 4 is 21.6 Å². The van der Waals surface area contributed by atoms with Crippen LogP contribution in [0.3, 0.4) is 0 Å². The Morgan fingerprint density at radius 3 is 2.35 bits per heavy atom. The van der Waals surface area contributed by atoms with Gasteiger partial charge in [0.2, 0.25) is 0 Å². The van der Waals surface area contributed by atoms with Crippen molar-refractivity contribution in [1.82, 2.24) is 0 Å². The van der Waals surface area contributed by atoms with Crippen LogP contribution in [-0.4, -0.2) is 20.9 Å². The number of rotatable bonds is 6. The van der Waals surface area contributed by atoms with Gasteiger partial charge in [-0.3, -0.25) is 9.52 Å². The summed E-state index contributed by atoms with van der Waals surface area (Å²) in [7, 11) is -4.06. The number of primary amides is 1. The molecular weight excluding hydrogens is 330 g/mol. The Kier molecular flexibility index (Phi) is 4.80. The van der Waals surface area contributed by atoms with Crippen LogP contribution in [0.2, 0.25) is 0 Å². The summed E-state index contributed by atoms with van der Waals surface area (Å²) in [5, 5.41) is 0. The minimum atomic E-state index is -4.06. The van der Waals surface area contributed by atoms with Crippen LogP contribution in [0, 0.1) is 11.6 Å². The van der Waals surface area contributed by atoms with Crippen molar-refractivity contribution in [2.45, 2.75) is 4.90 Å². The second kappa shape index (κ2) is 6.61. The van der Waals surface area contributed by atoms with Crippen LogP contribution >= 0.6 is 0 Å². The lowest BCUT2D eigenvalue weighted by atomic mass is 10.3. The largest absolute Gasteiger partial charge is 0.484 e. The summed E-state index contributed by atoms with van der Waals surface area (Å²) in [6.07, 6.45) is 0. The molecular formula is C14H12F2N2O4S. The van der Waals surface area contributed by atoms with Gasteiger partial charge in [0, 0.05) is 6.07 Å². The SMILES string of the molecule is NC(=O)COc1ccc(S(=O)(=O)Nc2ccc(F)cc2F)cc1. The van der Waals surface area contributed by atoms with Crippen molar-refractivity contribution < 1.29 is 26.7 Å². The van der Waals surface area contributed by atoms with Gasteiger partial charge in [0.05, 0.1) is 10.6 Å². The van der Waals surface area contributed by atoms with E-state index in [0.717, 1.165) is 12.1 Å². The van der Waals surface area contributed by atoms with Crippen molar-refractivity contribution in [3.63, 3.8) is 0 Å². The van der Waals surface area contributed by atoms with Gasteiger partial charge in [-0.1, -0.05) is 0 Å². The molecule has 2 aromatic carbocycles. The zero-order chi connectivity index (χ0) is 17.0. The fourth-order valence-electron chi connectivity index (χ4n) is 1.65. The smallest absolute Gasteiger partial charge is 0.261 e. The van der Waals surface area contributed by atoms with Gasteiger partial charge in [0.15, 0.2) is 6.61 Å². The second-order valence-corrected chi connectivity index (χ2v) is 6.14. The predicted octanol–water partition coefficient (Wildman–Crippen LogP) is 1.63. The van der Waals surface area contributed by atoms with E-state index in [4.69, 9.17) is 10.5 Å². The molecule has 1 amide bonds. The average molecular weight is 342 g/mol. The van der Waals surface area contributed by atoms with E-state index in [9.17, 15) is 22.0 Å². The van der Waals surface area contributed by atoms with Crippen molar-refractivity contribution in [3.8, 4) is 5.75 Å². The van der Waals surface area contributed by atoms with Crippen LogP contribution in [0.25, 0.3) is 0 Å². The quantitative estimate of drug-likeness (QED) is 0.833. The molecule has 23 heavy (non-hydrogen) atoms. The number of ether oxygens (including phenoxy) is 1. The molecule has 2 aromatic rings. The normalized spacial score (nSPS) is 11.0. The van der Waals surface area contributed by atoms with Gasteiger partial charge in [0.1, 0.15) is 17.4 Å². The Bertz CT molecular complexity index is 823. The molecule has 2 rings (SSSR count). The fourth-order valence-corrected chi connectivity index (χ4v) is 2.71. The van der Waals surface area contributed by atoms with Gasteiger partial charge < -0.3 is 10.5 Å². The van der Waals surface area contributed by atoms with Crippen molar-refractivity contribution in [3.05, 3.63) is 54.1 Å². The van der Waals surface area contributed by atoms with E-state index in [1.165, 1.54) is 24.3 Å². The van der Waals surface area contributed by atoms with Crippen LogP contribution < -0.4 is 15.2 Å². The highest BCUT2D eigenvalue weighted by molar-refractivity contribution is 7.92. The molecule has 0 aromatic heterocycles. The van der Waals surface area contributed by atoms with Crippen molar-refractivity contribution in [2.24, 2.45) is 5.73 Å². The molecule has 0 saturated heterocycles. The molecule has 0 spiro atoms. The summed E-state index contributed by atoms with van der Waals surface area (Å²) in [6.45, 7) is -0.342. The molecule has 0 aliphatic heterocycles. The first-order valence-corrected chi connectivity index (χ1v) is 7.75. The highest BCUT2D eigenvalue weighted by Gasteiger charge is 2.16. The first kappa shape index (κ1) is 16.7.